The molecule has 3 aromatic rings. The number of hydrogen-bond donors (Lipinski definition) is 2. The topological polar surface area (TPSA) is 44.6 Å². The quantitative estimate of drug-likeness (QED) is 0.361. The SMILES string of the molecule is CC(C)(C)c1cc(C(=Nc2ccccc2)Nc2ccccc2)cc(C(C)(C)C)c1O. The van der Waals surface area contributed by atoms with Crippen LogP contribution in [-0.2, 0) is 10.8 Å². The molecule has 0 aliphatic carbocycles. The Hall–Kier alpha value is -3.07. The van der Waals surface area contributed by atoms with Crippen molar-refractivity contribution in [2.24, 2.45) is 4.99 Å². The lowest BCUT2D eigenvalue weighted by atomic mass is 9.78. The number of aromatic hydroxyl groups is 1. The maximum Gasteiger partial charge on any atom is 0.138 e. The van der Waals surface area contributed by atoms with Crippen molar-refractivity contribution >= 4 is 17.2 Å². The maximum atomic E-state index is 11.1. The van der Waals surface area contributed by atoms with Gasteiger partial charge in [0.15, 0.2) is 0 Å². The van der Waals surface area contributed by atoms with E-state index < -0.39 is 0 Å². The predicted molar refractivity (Wildman–Crippen MR) is 128 cm³/mol. The van der Waals surface area contributed by atoms with Crippen LogP contribution >= 0.6 is 0 Å². The maximum absolute atomic E-state index is 11.1. The van der Waals surface area contributed by atoms with Crippen LogP contribution in [0.1, 0.15) is 58.2 Å². The van der Waals surface area contributed by atoms with Crippen LogP contribution in [0.4, 0.5) is 11.4 Å². The van der Waals surface area contributed by atoms with E-state index in [1.54, 1.807) is 0 Å². The molecule has 0 aromatic heterocycles. The first-order chi connectivity index (χ1) is 14.1. The summed E-state index contributed by atoms with van der Waals surface area (Å²) in [6.45, 7) is 12.7. The summed E-state index contributed by atoms with van der Waals surface area (Å²) in [6.07, 6.45) is 0. The molecule has 0 unspecified atom stereocenters. The van der Waals surface area contributed by atoms with Crippen LogP contribution in [0.2, 0.25) is 0 Å². The molecule has 0 fully saturated rings. The van der Waals surface area contributed by atoms with E-state index in [1.807, 2.05) is 60.7 Å². The lowest BCUT2D eigenvalue weighted by Gasteiger charge is -2.28. The molecule has 0 saturated carbocycles. The van der Waals surface area contributed by atoms with Crippen molar-refractivity contribution in [3.63, 3.8) is 0 Å². The summed E-state index contributed by atoms with van der Waals surface area (Å²) in [5.74, 6) is 1.13. The normalized spacial score (nSPS) is 12.7. The molecule has 0 aliphatic rings. The number of anilines is 1. The Morgan fingerprint density at radius 1 is 0.733 bits per heavy atom. The molecule has 0 amide bonds. The smallest absolute Gasteiger partial charge is 0.138 e. The molecule has 30 heavy (non-hydrogen) atoms. The summed E-state index contributed by atoms with van der Waals surface area (Å²) in [6, 6.07) is 24.1. The van der Waals surface area contributed by atoms with E-state index in [0.717, 1.165) is 33.9 Å². The number of rotatable bonds is 3. The second kappa shape index (κ2) is 8.35. The van der Waals surface area contributed by atoms with Crippen molar-refractivity contribution in [3.8, 4) is 5.75 Å². The molecule has 0 saturated heterocycles. The van der Waals surface area contributed by atoms with Gasteiger partial charge in [-0.15, -0.1) is 0 Å². The van der Waals surface area contributed by atoms with Crippen molar-refractivity contribution in [2.75, 3.05) is 5.32 Å². The Balaban J connectivity index is 2.23. The lowest BCUT2D eigenvalue weighted by Crippen LogP contribution is -2.21. The Bertz CT molecular complexity index is 989. The molecule has 0 bridgehead atoms. The minimum atomic E-state index is -0.204. The molecule has 156 valence electrons. The third-order valence-electron chi connectivity index (χ3n) is 5.03. The van der Waals surface area contributed by atoms with Gasteiger partial charge in [-0.25, -0.2) is 4.99 Å². The van der Waals surface area contributed by atoms with Gasteiger partial charge in [-0.3, -0.25) is 0 Å². The summed E-state index contributed by atoms with van der Waals surface area (Å²) < 4.78 is 0. The van der Waals surface area contributed by atoms with Gasteiger partial charge in [0.25, 0.3) is 0 Å². The molecular formula is C27H32N2O. The zero-order chi connectivity index (χ0) is 21.9. The number of nitrogens with zero attached hydrogens (tertiary/aromatic N) is 1. The molecule has 3 heteroatoms. The molecule has 0 spiro atoms. The fraction of sp³-hybridized carbons (Fsp3) is 0.296. The summed E-state index contributed by atoms with van der Waals surface area (Å²) in [5, 5.41) is 14.6. The van der Waals surface area contributed by atoms with Gasteiger partial charge in [0, 0.05) is 22.4 Å². The number of phenols is 1. The van der Waals surface area contributed by atoms with Crippen LogP contribution in [0.15, 0.2) is 77.8 Å². The summed E-state index contributed by atoms with van der Waals surface area (Å²) >= 11 is 0. The van der Waals surface area contributed by atoms with E-state index in [2.05, 4.69) is 59.0 Å². The van der Waals surface area contributed by atoms with Gasteiger partial charge < -0.3 is 10.4 Å². The Morgan fingerprint density at radius 3 is 1.67 bits per heavy atom. The molecule has 3 aromatic carbocycles. The van der Waals surface area contributed by atoms with Crippen LogP contribution in [0.3, 0.4) is 0 Å². The van der Waals surface area contributed by atoms with Gasteiger partial charge in [0.05, 0.1) is 5.69 Å². The molecular weight excluding hydrogens is 368 g/mol. The van der Waals surface area contributed by atoms with Gasteiger partial charge in [-0.2, -0.15) is 0 Å². The van der Waals surface area contributed by atoms with Crippen molar-refractivity contribution in [2.45, 2.75) is 52.4 Å². The zero-order valence-electron chi connectivity index (χ0n) is 18.8. The Kier molecular flexibility index (Phi) is 6.02. The van der Waals surface area contributed by atoms with E-state index in [0.29, 0.717) is 5.75 Å². The van der Waals surface area contributed by atoms with Crippen molar-refractivity contribution in [1.29, 1.82) is 0 Å². The highest BCUT2D eigenvalue weighted by Crippen LogP contribution is 2.40. The van der Waals surface area contributed by atoms with Crippen molar-refractivity contribution in [1.82, 2.24) is 0 Å². The average molecular weight is 401 g/mol. The third kappa shape index (κ3) is 5.10. The number of benzene rings is 3. The van der Waals surface area contributed by atoms with E-state index in [-0.39, 0.29) is 10.8 Å². The molecule has 3 rings (SSSR count). The minimum Gasteiger partial charge on any atom is -0.507 e. The highest BCUT2D eigenvalue weighted by Gasteiger charge is 2.27. The number of aliphatic imine (C=N–C) groups is 1. The number of amidine groups is 1. The Labute approximate surface area is 180 Å². The fourth-order valence-corrected chi connectivity index (χ4v) is 3.37. The number of hydrogen-bond acceptors (Lipinski definition) is 2. The molecule has 0 atom stereocenters. The second-order valence-corrected chi connectivity index (χ2v) is 9.71. The zero-order valence-corrected chi connectivity index (χ0v) is 18.8. The molecule has 2 N–H and O–H groups in total. The van der Waals surface area contributed by atoms with Gasteiger partial charge in [0.1, 0.15) is 11.6 Å². The summed E-state index contributed by atoms with van der Waals surface area (Å²) in [5.41, 5.74) is 4.22. The Morgan fingerprint density at radius 2 is 1.20 bits per heavy atom. The average Bonchev–Trinajstić information content (AvgIpc) is 2.67. The third-order valence-corrected chi connectivity index (χ3v) is 5.03. The molecule has 0 radical (unpaired) electrons. The number of para-hydroxylation sites is 2. The van der Waals surface area contributed by atoms with Crippen molar-refractivity contribution in [3.05, 3.63) is 89.5 Å². The highest BCUT2D eigenvalue weighted by molar-refractivity contribution is 6.09. The van der Waals surface area contributed by atoms with E-state index in [1.165, 1.54) is 0 Å². The first-order valence-electron chi connectivity index (χ1n) is 10.4. The van der Waals surface area contributed by atoms with E-state index >= 15 is 0 Å². The monoisotopic (exact) mass is 400 g/mol. The number of phenolic OH excluding ortho intramolecular Hbond substituents is 1. The highest BCUT2D eigenvalue weighted by atomic mass is 16.3. The van der Waals surface area contributed by atoms with Crippen LogP contribution in [0, 0.1) is 0 Å². The van der Waals surface area contributed by atoms with Crippen molar-refractivity contribution < 1.29 is 5.11 Å². The van der Waals surface area contributed by atoms with Crippen LogP contribution in [0.5, 0.6) is 5.75 Å². The first kappa shape index (κ1) is 21.6. The summed E-state index contributed by atoms with van der Waals surface area (Å²) in [7, 11) is 0. The molecule has 3 nitrogen and oxygen atoms in total. The minimum absolute atomic E-state index is 0.204. The standard InChI is InChI=1S/C27H32N2O/c1-26(2,3)22-17-19(18-23(24(22)30)27(4,5)6)25(28-20-13-9-7-10-14-20)29-21-15-11-8-12-16-21/h7-18,30H,1-6H3,(H,28,29). The van der Waals surface area contributed by atoms with Gasteiger partial charge >= 0.3 is 0 Å². The van der Waals surface area contributed by atoms with Gasteiger partial charge in [0.2, 0.25) is 0 Å². The van der Waals surface area contributed by atoms with Gasteiger partial charge in [-0.1, -0.05) is 77.9 Å². The van der Waals surface area contributed by atoms with Crippen LogP contribution < -0.4 is 5.32 Å². The summed E-state index contributed by atoms with van der Waals surface area (Å²) in [4.78, 5) is 4.92. The largest absolute Gasteiger partial charge is 0.507 e. The predicted octanol–water partition coefficient (Wildman–Crippen LogP) is 7.18. The number of nitrogens with one attached hydrogen (secondary N) is 1. The molecule has 0 heterocycles. The van der Waals surface area contributed by atoms with Gasteiger partial charge in [-0.05, 0) is 47.2 Å². The molecule has 0 aliphatic heterocycles. The van der Waals surface area contributed by atoms with E-state index in [9.17, 15) is 5.11 Å². The first-order valence-corrected chi connectivity index (χ1v) is 10.4. The van der Waals surface area contributed by atoms with E-state index in [4.69, 9.17) is 4.99 Å². The van der Waals surface area contributed by atoms with Crippen LogP contribution in [0.25, 0.3) is 0 Å². The lowest BCUT2D eigenvalue weighted by molar-refractivity contribution is 0.423. The van der Waals surface area contributed by atoms with Crippen LogP contribution in [-0.4, -0.2) is 10.9 Å². The fourth-order valence-electron chi connectivity index (χ4n) is 3.37. The second-order valence-electron chi connectivity index (χ2n) is 9.71.